The van der Waals surface area contributed by atoms with Crippen LogP contribution < -0.4 is 15.8 Å². The number of nitrogens with one attached hydrogen (secondary N) is 1. The summed E-state index contributed by atoms with van der Waals surface area (Å²) in [6, 6.07) is 19.4. The van der Waals surface area contributed by atoms with Gasteiger partial charge in [0.15, 0.2) is 5.84 Å². The van der Waals surface area contributed by atoms with E-state index in [4.69, 9.17) is 0 Å². The summed E-state index contributed by atoms with van der Waals surface area (Å²) in [6.07, 6.45) is 1.64. The minimum atomic E-state index is -0.259. The Hall–Kier alpha value is -3.36. The maximum absolute atomic E-state index is 9.47. The van der Waals surface area contributed by atoms with Crippen molar-refractivity contribution in [2.75, 3.05) is 10.3 Å². The first-order valence-electron chi connectivity index (χ1n) is 8.15. The maximum Gasteiger partial charge on any atom is 0.177 e. The van der Waals surface area contributed by atoms with Gasteiger partial charge in [0, 0.05) is 11.1 Å². The van der Waals surface area contributed by atoms with Crippen molar-refractivity contribution in [2.45, 2.75) is 13.2 Å². The smallest absolute Gasteiger partial charge is 0.177 e. The number of aliphatic hydroxyl groups is 2. The number of benzene rings is 2. The molecule has 0 saturated heterocycles. The molecule has 8 nitrogen and oxygen atoms in total. The second-order valence-corrected chi connectivity index (χ2v) is 5.68. The zero-order valence-electron chi connectivity index (χ0n) is 13.9. The van der Waals surface area contributed by atoms with Crippen molar-refractivity contribution < 1.29 is 10.2 Å². The van der Waals surface area contributed by atoms with Crippen LogP contribution in [0.2, 0.25) is 0 Å². The number of rotatable bonds is 5. The molecule has 0 bridgehead atoms. The molecule has 0 spiro atoms. The number of nitrogens with zero attached hydrogens (tertiary/aromatic N) is 5. The maximum atomic E-state index is 9.47. The lowest BCUT2D eigenvalue weighted by molar-refractivity contribution is 0.257. The van der Waals surface area contributed by atoms with Gasteiger partial charge in [-0.25, -0.2) is 0 Å². The predicted molar refractivity (Wildman–Crippen MR) is 97.3 cm³/mol. The fourth-order valence-corrected chi connectivity index (χ4v) is 2.68. The van der Waals surface area contributed by atoms with E-state index >= 15 is 0 Å². The summed E-state index contributed by atoms with van der Waals surface area (Å²) in [5.74, 6) is 0.654. The lowest BCUT2D eigenvalue weighted by atomic mass is 10.2. The van der Waals surface area contributed by atoms with Crippen LogP contribution in [-0.2, 0) is 13.2 Å². The average Bonchev–Trinajstić information content (AvgIpc) is 3.33. The molecule has 4 rings (SSSR count). The van der Waals surface area contributed by atoms with Gasteiger partial charge in [0.2, 0.25) is 0 Å². The number of para-hydroxylation sites is 1. The van der Waals surface area contributed by atoms with Gasteiger partial charge in [-0.1, -0.05) is 53.8 Å². The number of hydrogen-bond donors (Lipinski definition) is 3. The summed E-state index contributed by atoms with van der Waals surface area (Å²) in [4.78, 5) is 1.48. The molecule has 3 aromatic rings. The molecule has 3 N–H and O–H groups in total. The van der Waals surface area contributed by atoms with Crippen LogP contribution in [0.1, 0.15) is 16.8 Å². The van der Waals surface area contributed by atoms with Crippen LogP contribution in [-0.4, -0.2) is 25.9 Å². The fourth-order valence-electron chi connectivity index (χ4n) is 2.68. The monoisotopic (exact) mass is 350 g/mol. The van der Waals surface area contributed by atoms with E-state index in [1.165, 1.54) is 10.0 Å². The number of amidine groups is 1. The van der Waals surface area contributed by atoms with Crippen LogP contribution >= 0.6 is 0 Å². The van der Waals surface area contributed by atoms with E-state index in [9.17, 15) is 10.2 Å². The molecule has 0 amide bonds. The largest absolute Gasteiger partial charge is 0.392 e. The van der Waals surface area contributed by atoms with Crippen LogP contribution in [0.4, 0.5) is 5.69 Å². The van der Waals surface area contributed by atoms with Gasteiger partial charge in [-0.2, -0.15) is 10.2 Å². The number of anilines is 1. The van der Waals surface area contributed by atoms with Gasteiger partial charge in [-0.15, -0.1) is 9.89 Å². The van der Waals surface area contributed by atoms with E-state index in [1.54, 1.807) is 11.3 Å². The minimum Gasteiger partial charge on any atom is -0.392 e. The Morgan fingerprint density at radius 2 is 1.58 bits per heavy atom. The summed E-state index contributed by atoms with van der Waals surface area (Å²) in [5.41, 5.74) is 5.99. The minimum absolute atomic E-state index is 0.211. The summed E-state index contributed by atoms with van der Waals surface area (Å²) in [6.45, 7) is -0.470. The molecule has 2 aromatic carbocycles. The van der Waals surface area contributed by atoms with Gasteiger partial charge in [0.25, 0.3) is 0 Å². The van der Waals surface area contributed by atoms with Gasteiger partial charge in [-0.05, 0) is 12.1 Å². The molecule has 132 valence electrons. The second-order valence-electron chi connectivity index (χ2n) is 5.68. The highest BCUT2D eigenvalue weighted by Crippen LogP contribution is 2.19. The summed E-state index contributed by atoms with van der Waals surface area (Å²) in [7, 11) is 0. The second kappa shape index (κ2) is 6.87. The van der Waals surface area contributed by atoms with Crippen LogP contribution in [0, 0.1) is 0 Å². The van der Waals surface area contributed by atoms with Gasteiger partial charge in [0.05, 0.1) is 30.8 Å². The fraction of sp³-hybridized carbons (Fsp3) is 0.111. The topological polar surface area (TPSA) is 89.2 Å². The summed E-state index contributed by atoms with van der Waals surface area (Å²) in [5, 5.41) is 31.1. The molecular weight excluding hydrogens is 332 g/mol. The number of hydrazone groups is 1. The Balaban J connectivity index is 1.76. The SMILES string of the molecule is OCc1cn(N2N=C(c3ccccc3)NN2c2ccccc2)nc1CO. The molecular formula is C18H18N6O2. The molecule has 2 heterocycles. The van der Waals surface area contributed by atoms with Gasteiger partial charge in [-0.3, -0.25) is 5.43 Å². The third kappa shape index (κ3) is 2.87. The molecule has 1 aliphatic rings. The van der Waals surface area contributed by atoms with E-state index in [0.717, 1.165) is 11.3 Å². The first kappa shape index (κ1) is 16.1. The Kier molecular flexibility index (Phi) is 4.26. The standard InChI is InChI=1S/C18H18N6O2/c25-12-15-11-22(19-17(15)13-26)24-21-18(14-7-3-1-4-8-14)20-23(24)16-9-5-2-6-10-16/h1-11,25-26H,12-13H2,(H,20,21). The first-order chi connectivity index (χ1) is 12.8. The summed E-state index contributed by atoms with van der Waals surface area (Å²) >= 11 is 0. The van der Waals surface area contributed by atoms with Crippen molar-refractivity contribution >= 4 is 11.5 Å². The molecule has 0 radical (unpaired) electrons. The highest BCUT2D eigenvalue weighted by Gasteiger charge is 2.27. The molecule has 0 unspecified atom stereocenters. The van der Waals surface area contributed by atoms with Crippen LogP contribution in [0.25, 0.3) is 0 Å². The lowest BCUT2D eigenvalue weighted by Gasteiger charge is -2.26. The number of aromatic nitrogens is 2. The molecule has 1 aromatic heterocycles. The van der Waals surface area contributed by atoms with Crippen LogP contribution in [0.15, 0.2) is 72.0 Å². The molecule has 26 heavy (non-hydrogen) atoms. The highest BCUT2D eigenvalue weighted by molar-refractivity contribution is 6.01. The number of aliphatic hydroxyl groups excluding tert-OH is 2. The Morgan fingerprint density at radius 1 is 0.885 bits per heavy atom. The quantitative estimate of drug-likeness (QED) is 0.639. The highest BCUT2D eigenvalue weighted by atomic mass is 16.3. The Bertz CT molecular complexity index is 888. The van der Waals surface area contributed by atoms with Gasteiger partial charge in [0.1, 0.15) is 0 Å². The van der Waals surface area contributed by atoms with Crippen molar-refractivity contribution in [1.82, 2.24) is 15.3 Å². The van der Waals surface area contributed by atoms with Gasteiger partial charge >= 0.3 is 0 Å². The molecule has 0 atom stereocenters. The predicted octanol–water partition coefficient (Wildman–Crippen LogP) is 1.11. The Labute approximate surface area is 150 Å². The van der Waals surface area contributed by atoms with Crippen molar-refractivity contribution in [3.63, 3.8) is 0 Å². The van der Waals surface area contributed by atoms with Crippen LogP contribution in [0.5, 0.6) is 0 Å². The summed E-state index contributed by atoms with van der Waals surface area (Å²) < 4.78 is 0. The number of hydrogen-bond acceptors (Lipinski definition) is 7. The van der Waals surface area contributed by atoms with E-state index in [2.05, 4.69) is 15.6 Å². The van der Waals surface area contributed by atoms with Crippen molar-refractivity contribution in [2.24, 2.45) is 5.10 Å². The molecule has 0 saturated carbocycles. The molecule has 8 heteroatoms. The first-order valence-corrected chi connectivity index (χ1v) is 8.15. The Morgan fingerprint density at radius 3 is 2.19 bits per heavy atom. The zero-order valence-corrected chi connectivity index (χ0v) is 13.9. The van der Waals surface area contributed by atoms with E-state index in [0.29, 0.717) is 17.1 Å². The van der Waals surface area contributed by atoms with E-state index < -0.39 is 0 Å². The van der Waals surface area contributed by atoms with E-state index in [1.807, 2.05) is 60.7 Å². The third-order valence-corrected chi connectivity index (χ3v) is 4.00. The molecule has 0 aliphatic carbocycles. The van der Waals surface area contributed by atoms with Crippen LogP contribution in [0.3, 0.4) is 0 Å². The van der Waals surface area contributed by atoms with Crippen molar-refractivity contribution in [3.8, 4) is 0 Å². The average molecular weight is 350 g/mol. The normalized spacial score (nSPS) is 13.7. The molecule has 1 aliphatic heterocycles. The molecule has 0 fully saturated rings. The lowest BCUT2D eigenvalue weighted by Crippen LogP contribution is -2.49. The van der Waals surface area contributed by atoms with Crippen molar-refractivity contribution in [3.05, 3.63) is 83.7 Å². The van der Waals surface area contributed by atoms with Gasteiger partial charge < -0.3 is 10.2 Å². The third-order valence-electron chi connectivity index (χ3n) is 4.00. The van der Waals surface area contributed by atoms with E-state index in [-0.39, 0.29) is 13.2 Å². The number of hydrazine groups is 2. The zero-order chi connectivity index (χ0) is 17.9. The van der Waals surface area contributed by atoms with Crippen molar-refractivity contribution in [1.29, 1.82) is 0 Å².